The third-order valence-electron chi connectivity index (χ3n) is 4.95. The quantitative estimate of drug-likeness (QED) is 0.396. The number of ether oxygens (including phenoxy) is 5. The van der Waals surface area contributed by atoms with Crippen LogP contribution in [0.5, 0.6) is 17.2 Å². The Balaban J connectivity index is 1.80. The number of carboxylic acids is 1. The monoisotopic (exact) mass is 473 g/mol. The van der Waals surface area contributed by atoms with Crippen molar-refractivity contribution in [2.75, 3.05) is 32.4 Å². The number of benzene rings is 2. The number of fused-ring (bicyclic) bond motifs is 1. The van der Waals surface area contributed by atoms with Crippen LogP contribution in [0.3, 0.4) is 0 Å². The Labute approximate surface area is 196 Å². The van der Waals surface area contributed by atoms with Crippen molar-refractivity contribution in [3.8, 4) is 17.2 Å². The van der Waals surface area contributed by atoms with E-state index in [-0.39, 0.29) is 20.0 Å². The van der Waals surface area contributed by atoms with Crippen LogP contribution in [-0.2, 0) is 14.3 Å². The number of aliphatic hydroxyl groups excluding tert-OH is 1. The minimum absolute atomic E-state index is 0.0616. The predicted octanol–water partition coefficient (Wildman–Crippen LogP) is 3.51. The lowest BCUT2D eigenvalue weighted by Crippen LogP contribution is -2.28. The maximum atomic E-state index is 12.8. The Morgan fingerprint density at radius 1 is 1.18 bits per heavy atom. The molecular weight excluding hydrogens is 446 g/mol. The van der Waals surface area contributed by atoms with Gasteiger partial charge in [-0.05, 0) is 31.0 Å². The highest BCUT2D eigenvalue weighted by molar-refractivity contribution is 5.85. The Morgan fingerprint density at radius 3 is 2.74 bits per heavy atom. The number of nitrogens with one attached hydrogen (secondary N) is 1. The van der Waals surface area contributed by atoms with E-state index in [1.165, 1.54) is 13.2 Å². The zero-order valence-electron chi connectivity index (χ0n) is 18.6. The lowest BCUT2D eigenvalue weighted by molar-refractivity contribution is -0.131. The molecule has 3 N–H and O–H groups in total. The second-order valence-electron chi connectivity index (χ2n) is 7.22. The van der Waals surface area contributed by atoms with Gasteiger partial charge < -0.3 is 33.9 Å². The second-order valence-corrected chi connectivity index (χ2v) is 7.22. The molecule has 1 aliphatic rings. The van der Waals surface area contributed by atoms with Crippen molar-refractivity contribution in [1.29, 1.82) is 0 Å². The van der Waals surface area contributed by atoms with Crippen molar-refractivity contribution < 1.29 is 43.5 Å². The average Bonchev–Trinajstić information content (AvgIpc) is 3.30. The van der Waals surface area contributed by atoms with E-state index in [0.29, 0.717) is 41.3 Å². The van der Waals surface area contributed by atoms with E-state index < -0.39 is 24.3 Å². The van der Waals surface area contributed by atoms with Crippen LogP contribution >= 0.6 is 0 Å². The molecule has 0 unspecified atom stereocenters. The molecule has 0 radical (unpaired) electrons. The summed E-state index contributed by atoms with van der Waals surface area (Å²) in [5.41, 5.74) is 1.00. The molecule has 1 heterocycles. The van der Waals surface area contributed by atoms with E-state index in [0.717, 1.165) is 6.08 Å². The first-order valence-electron chi connectivity index (χ1n) is 10.6. The Kier molecular flexibility index (Phi) is 9.12. The molecule has 2 atom stereocenters. The molecule has 3 rings (SSSR count). The molecule has 2 aromatic rings. The summed E-state index contributed by atoms with van der Waals surface area (Å²) < 4.78 is 27.6. The summed E-state index contributed by atoms with van der Waals surface area (Å²) in [4.78, 5) is 23.6. The fraction of sp³-hybridized carbons (Fsp3) is 0.333. The molecule has 10 nitrogen and oxygen atoms in total. The SMILES string of the molecule is CO[C@@H](CC/C=C/C(=O)O)[C@@H](OC(=O)Nc1ccc2c(c1)OCO2)c1ccccc1OCCO. The molecule has 2 aromatic carbocycles. The summed E-state index contributed by atoms with van der Waals surface area (Å²) in [6.07, 6.45) is 1.08. The molecule has 34 heavy (non-hydrogen) atoms. The number of carbonyl (C=O) groups is 2. The number of rotatable bonds is 12. The molecule has 0 spiro atoms. The Bertz CT molecular complexity index is 1010. The highest BCUT2D eigenvalue weighted by Crippen LogP contribution is 2.36. The summed E-state index contributed by atoms with van der Waals surface area (Å²) in [6, 6.07) is 11.9. The van der Waals surface area contributed by atoms with E-state index in [9.17, 15) is 9.59 Å². The molecule has 0 saturated heterocycles. The summed E-state index contributed by atoms with van der Waals surface area (Å²) in [7, 11) is 1.48. The summed E-state index contributed by atoms with van der Waals surface area (Å²) in [5.74, 6) is 0.478. The van der Waals surface area contributed by atoms with Crippen molar-refractivity contribution in [3.05, 3.63) is 60.2 Å². The summed E-state index contributed by atoms with van der Waals surface area (Å²) in [6.45, 7) is -0.00789. The van der Waals surface area contributed by atoms with Crippen molar-refractivity contribution in [2.24, 2.45) is 0 Å². The number of aliphatic hydroxyl groups is 1. The molecule has 0 aliphatic carbocycles. The van der Waals surface area contributed by atoms with Crippen molar-refractivity contribution in [2.45, 2.75) is 25.0 Å². The lowest BCUT2D eigenvalue weighted by atomic mass is 9.99. The third kappa shape index (κ3) is 6.87. The van der Waals surface area contributed by atoms with Gasteiger partial charge in [-0.15, -0.1) is 0 Å². The van der Waals surface area contributed by atoms with Gasteiger partial charge in [0, 0.05) is 30.5 Å². The summed E-state index contributed by atoms with van der Waals surface area (Å²) in [5, 5.41) is 20.6. The molecule has 0 fully saturated rings. The molecule has 0 aromatic heterocycles. The zero-order valence-corrected chi connectivity index (χ0v) is 18.6. The third-order valence-corrected chi connectivity index (χ3v) is 4.95. The van der Waals surface area contributed by atoms with Crippen molar-refractivity contribution in [1.82, 2.24) is 0 Å². The number of methoxy groups -OCH3 is 1. The van der Waals surface area contributed by atoms with Gasteiger partial charge in [0.2, 0.25) is 6.79 Å². The standard InChI is InChI=1S/C24H27NO9/c1-30-20(8-4-5-9-22(27)28)23(17-6-2-3-7-18(17)31-13-12-26)34-24(29)25-16-10-11-19-21(14-16)33-15-32-19/h2-3,5-7,9-11,14,20,23,26H,4,8,12-13,15H2,1H3,(H,25,29)(H,27,28)/b9-5+/t20-,23-/m0/s1. The van der Waals surface area contributed by atoms with Gasteiger partial charge in [0.15, 0.2) is 17.6 Å². The first kappa shape index (κ1) is 24.9. The maximum Gasteiger partial charge on any atom is 0.412 e. The van der Waals surface area contributed by atoms with Gasteiger partial charge in [0.25, 0.3) is 0 Å². The number of allylic oxidation sites excluding steroid dienone is 1. The molecule has 0 bridgehead atoms. The average molecular weight is 473 g/mol. The fourth-order valence-corrected chi connectivity index (χ4v) is 3.42. The van der Waals surface area contributed by atoms with Gasteiger partial charge >= 0.3 is 12.1 Å². The second kappa shape index (κ2) is 12.5. The van der Waals surface area contributed by atoms with Gasteiger partial charge in [0.05, 0.1) is 12.7 Å². The Morgan fingerprint density at radius 2 is 1.97 bits per heavy atom. The number of para-hydroxylation sites is 1. The first-order valence-corrected chi connectivity index (χ1v) is 10.6. The van der Waals surface area contributed by atoms with Gasteiger partial charge in [-0.2, -0.15) is 0 Å². The van der Waals surface area contributed by atoms with Crippen LogP contribution in [0, 0.1) is 0 Å². The Hall–Kier alpha value is -3.76. The van der Waals surface area contributed by atoms with Crippen LogP contribution in [0.2, 0.25) is 0 Å². The van der Waals surface area contributed by atoms with Crippen LogP contribution < -0.4 is 19.5 Å². The highest BCUT2D eigenvalue weighted by Gasteiger charge is 2.30. The molecule has 1 amide bonds. The van der Waals surface area contributed by atoms with E-state index >= 15 is 0 Å². The number of carbonyl (C=O) groups excluding carboxylic acids is 1. The van der Waals surface area contributed by atoms with Crippen LogP contribution in [-0.4, -0.2) is 55.5 Å². The minimum Gasteiger partial charge on any atom is -0.491 e. The molecule has 10 heteroatoms. The number of amides is 1. The van der Waals surface area contributed by atoms with Gasteiger partial charge in [-0.3, -0.25) is 5.32 Å². The fourth-order valence-electron chi connectivity index (χ4n) is 3.42. The largest absolute Gasteiger partial charge is 0.491 e. The van der Waals surface area contributed by atoms with E-state index in [4.69, 9.17) is 33.9 Å². The predicted molar refractivity (Wildman–Crippen MR) is 121 cm³/mol. The van der Waals surface area contributed by atoms with E-state index in [1.807, 2.05) is 0 Å². The highest BCUT2D eigenvalue weighted by atomic mass is 16.7. The van der Waals surface area contributed by atoms with E-state index in [2.05, 4.69) is 5.32 Å². The van der Waals surface area contributed by atoms with E-state index in [1.54, 1.807) is 42.5 Å². The number of anilines is 1. The van der Waals surface area contributed by atoms with Crippen LogP contribution in [0.4, 0.5) is 10.5 Å². The number of aliphatic carboxylic acids is 1. The van der Waals surface area contributed by atoms with Crippen LogP contribution in [0.1, 0.15) is 24.5 Å². The number of hydrogen-bond donors (Lipinski definition) is 3. The molecule has 1 aliphatic heterocycles. The maximum absolute atomic E-state index is 12.8. The van der Waals surface area contributed by atoms with Crippen molar-refractivity contribution >= 4 is 17.7 Å². The molecule has 0 saturated carbocycles. The number of carboxylic acid groups (broad SMARTS) is 1. The molecular formula is C24H27NO9. The smallest absolute Gasteiger partial charge is 0.412 e. The van der Waals surface area contributed by atoms with Crippen LogP contribution in [0.25, 0.3) is 0 Å². The normalized spacial score (nSPS) is 13.9. The minimum atomic E-state index is -1.05. The number of hydrogen-bond acceptors (Lipinski definition) is 8. The van der Waals surface area contributed by atoms with Gasteiger partial charge in [0.1, 0.15) is 12.4 Å². The lowest BCUT2D eigenvalue weighted by Gasteiger charge is -2.27. The van der Waals surface area contributed by atoms with Crippen LogP contribution in [0.15, 0.2) is 54.6 Å². The van der Waals surface area contributed by atoms with Gasteiger partial charge in [-0.25, -0.2) is 9.59 Å². The molecule has 182 valence electrons. The summed E-state index contributed by atoms with van der Waals surface area (Å²) >= 11 is 0. The van der Waals surface area contributed by atoms with Crippen molar-refractivity contribution in [3.63, 3.8) is 0 Å². The van der Waals surface area contributed by atoms with Gasteiger partial charge in [-0.1, -0.05) is 24.3 Å². The zero-order chi connectivity index (χ0) is 24.3. The first-order chi connectivity index (χ1) is 16.5. The topological polar surface area (TPSA) is 133 Å².